The minimum atomic E-state index is -1.09. The number of aromatic nitrogens is 1. The maximum atomic E-state index is 12.6. The van der Waals surface area contributed by atoms with Gasteiger partial charge in [-0.3, -0.25) is 10.1 Å². The molecule has 2 aromatic heterocycles. The molecule has 0 bridgehead atoms. The molecule has 8 nitrogen and oxygen atoms in total. The number of amides is 2. The van der Waals surface area contributed by atoms with Gasteiger partial charge in [0.05, 0.1) is 15.9 Å². The molecule has 152 valence electrons. The molecule has 29 heavy (non-hydrogen) atoms. The first-order valence-corrected chi connectivity index (χ1v) is 10.3. The first-order chi connectivity index (χ1) is 13.5. The Balaban J connectivity index is 1.79. The van der Waals surface area contributed by atoms with E-state index < -0.39 is 23.6 Å². The number of fused-ring (bicyclic) bond motifs is 1. The number of anilines is 2. The van der Waals surface area contributed by atoms with Gasteiger partial charge in [0.25, 0.3) is 5.91 Å². The Bertz CT molecular complexity index is 1110. The lowest BCUT2D eigenvalue weighted by molar-refractivity contribution is 0.0634. The second kappa shape index (κ2) is 7.80. The second-order valence-electron chi connectivity index (χ2n) is 7.21. The highest BCUT2D eigenvalue weighted by molar-refractivity contribution is 7.22. The van der Waals surface area contributed by atoms with Gasteiger partial charge in [-0.15, -0.1) is 11.3 Å². The van der Waals surface area contributed by atoms with Crippen LogP contribution in [0.1, 0.15) is 46.4 Å². The maximum absolute atomic E-state index is 12.6. The van der Waals surface area contributed by atoms with Crippen LogP contribution >= 0.6 is 22.7 Å². The molecule has 0 radical (unpaired) electrons. The summed E-state index contributed by atoms with van der Waals surface area (Å²) in [4.78, 5) is 40.2. The number of thiazole rings is 1. The molecule has 0 atom stereocenters. The van der Waals surface area contributed by atoms with Gasteiger partial charge in [-0.25, -0.2) is 14.6 Å². The van der Waals surface area contributed by atoms with E-state index in [1.165, 1.54) is 11.3 Å². The Morgan fingerprint density at radius 2 is 1.90 bits per heavy atom. The van der Waals surface area contributed by atoms with Gasteiger partial charge in [-0.05, 0) is 56.8 Å². The number of aromatic carboxylic acids is 1. The summed E-state index contributed by atoms with van der Waals surface area (Å²) in [5.74, 6) is -1.51. The predicted octanol–water partition coefficient (Wildman–Crippen LogP) is 4.96. The molecule has 0 fully saturated rings. The molecular weight excluding hydrogens is 414 g/mol. The number of nitrogens with one attached hydrogen (secondary N) is 2. The van der Waals surface area contributed by atoms with Crippen LogP contribution in [0.15, 0.2) is 23.6 Å². The first-order valence-electron chi connectivity index (χ1n) is 8.57. The van der Waals surface area contributed by atoms with Gasteiger partial charge in [-0.2, -0.15) is 0 Å². The lowest BCUT2D eigenvalue weighted by Crippen LogP contribution is -2.27. The largest absolute Gasteiger partial charge is 0.477 e. The fourth-order valence-electron chi connectivity index (χ4n) is 2.45. The Hall–Kier alpha value is -2.98. The molecule has 0 aliphatic heterocycles. The highest BCUT2D eigenvalue weighted by Crippen LogP contribution is 2.30. The Morgan fingerprint density at radius 1 is 1.17 bits per heavy atom. The van der Waals surface area contributed by atoms with Gasteiger partial charge in [-0.1, -0.05) is 11.3 Å². The summed E-state index contributed by atoms with van der Waals surface area (Å²) in [5.41, 5.74) is 1.33. The van der Waals surface area contributed by atoms with Gasteiger partial charge in [0.15, 0.2) is 5.13 Å². The average molecular weight is 434 g/mol. The average Bonchev–Trinajstić information content (AvgIpc) is 3.15. The van der Waals surface area contributed by atoms with Crippen LogP contribution in [-0.4, -0.2) is 33.7 Å². The summed E-state index contributed by atoms with van der Waals surface area (Å²) < 4.78 is 5.90. The second-order valence-corrected chi connectivity index (χ2v) is 9.12. The number of carbonyl (C=O) groups is 3. The molecule has 1 aromatic carbocycles. The van der Waals surface area contributed by atoms with Crippen LogP contribution < -0.4 is 10.6 Å². The number of nitrogens with zero attached hydrogens (tertiary/aromatic N) is 1. The van der Waals surface area contributed by atoms with Crippen molar-refractivity contribution in [3.8, 4) is 0 Å². The Morgan fingerprint density at radius 3 is 2.55 bits per heavy atom. The van der Waals surface area contributed by atoms with Gasteiger partial charge in [0, 0.05) is 5.56 Å². The van der Waals surface area contributed by atoms with Crippen LogP contribution in [0.4, 0.5) is 15.6 Å². The molecule has 3 aromatic rings. The van der Waals surface area contributed by atoms with Crippen LogP contribution in [0.3, 0.4) is 0 Å². The minimum absolute atomic E-state index is 0.0820. The monoisotopic (exact) mass is 433 g/mol. The van der Waals surface area contributed by atoms with Gasteiger partial charge < -0.3 is 15.2 Å². The van der Waals surface area contributed by atoms with E-state index >= 15 is 0 Å². The normalized spacial score (nSPS) is 11.3. The third-order valence-electron chi connectivity index (χ3n) is 3.67. The summed E-state index contributed by atoms with van der Waals surface area (Å²) in [5, 5.41) is 16.5. The van der Waals surface area contributed by atoms with Crippen molar-refractivity contribution in [3.63, 3.8) is 0 Å². The van der Waals surface area contributed by atoms with Crippen molar-refractivity contribution in [2.24, 2.45) is 0 Å². The van der Waals surface area contributed by atoms with Gasteiger partial charge >= 0.3 is 12.1 Å². The van der Waals surface area contributed by atoms with Crippen molar-refractivity contribution in [1.29, 1.82) is 0 Å². The lowest BCUT2D eigenvalue weighted by atomic mass is 10.2. The highest BCUT2D eigenvalue weighted by atomic mass is 32.1. The minimum Gasteiger partial charge on any atom is -0.477 e. The molecule has 0 unspecified atom stereocenters. The van der Waals surface area contributed by atoms with E-state index in [-0.39, 0.29) is 4.88 Å². The van der Waals surface area contributed by atoms with Crippen molar-refractivity contribution in [2.45, 2.75) is 33.3 Å². The summed E-state index contributed by atoms with van der Waals surface area (Å²) in [6.07, 6.45) is -0.608. The molecule has 0 spiro atoms. The highest BCUT2D eigenvalue weighted by Gasteiger charge is 2.20. The van der Waals surface area contributed by atoms with Crippen molar-refractivity contribution in [2.75, 3.05) is 10.6 Å². The summed E-state index contributed by atoms with van der Waals surface area (Å²) in [6, 6.07) is 4.90. The zero-order valence-corrected chi connectivity index (χ0v) is 17.8. The number of hydrogen-bond acceptors (Lipinski definition) is 7. The van der Waals surface area contributed by atoms with E-state index in [0.717, 1.165) is 11.3 Å². The van der Waals surface area contributed by atoms with Crippen molar-refractivity contribution >= 4 is 61.7 Å². The van der Waals surface area contributed by atoms with E-state index in [1.807, 2.05) is 0 Å². The van der Waals surface area contributed by atoms with Crippen LogP contribution in [0, 0.1) is 6.92 Å². The molecule has 3 rings (SSSR count). The molecule has 0 aliphatic rings. The van der Waals surface area contributed by atoms with Gasteiger partial charge in [0.2, 0.25) is 0 Å². The quantitative estimate of drug-likeness (QED) is 0.535. The first kappa shape index (κ1) is 20.7. The van der Waals surface area contributed by atoms with E-state index in [9.17, 15) is 19.5 Å². The smallest absolute Gasteiger partial charge is 0.413 e. The number of benzene rings is 1. The standard InChI is InChI=1S/C19H19N3O5S2/c1-9-8-28-14(16(24)25)13(9)21-15(23)10-5-6-11-12(7-10)29-17(20-11)22-18(26)27-19(2,3)4/h5-8H,1-4H3,(H,21,23)(H,24,25)(H,20,22,26). The number of ether oxygens (including phenoxy) is 1. The van der Waals surface area contributed by atoms with Crippen molar-refractivity contribution < 1.29 is 24.2 Å². The summed E-state index contributed by atoms with van der Waals surface area (Å²) in [6.45, 7) is 7.03. The number of hydrogen-bond donors (Lipinski definition) is 3. The molecule has 2 amide bonds. The fraction of sp³-hybridized carbons (Fsp3) is 0.263. The third-order valence-corrected chi connectivity index (χ3v) is 5.69. The molecular formula is C19H19N3O5S2. The van der Waals surface area contributed by atoms with Crippen LogP contribution in [0.25, 0.3) is 10.2 Å². The number of rotatable bonds is 4. The zero-order valence-electron chi connectivity index (χ0n) is 16.2. The predicted molar refractivity (Wildman–Crippen MR) is 113 cm³/mol. The molecule has 0 aliphatic carbocycles. The number of carboxylic acid groups (broad SMARTS) is 1. The maximum Gasteiger partial charge on any atom is 0.413 e. The number of aryl methyl sites for hydroxylation is 1. The number of carbonyl (C=O) groups excluding carboxylic acids is 2. The Kier molecular flexibility index (Phi) is 5.58. The molecule has 0 saturated heterocycles. The molecule has 10 heteroatoms. The topological polar surface area (TPSA) is 118 Å². The van der Waals surface area contributed by atoms with E-state index in [1.54, 1.807) is 51.3 Å². The van der Waals surface area contributed by atoms with Crippen LogP contribution in [0.5, 0.6) is 0 Å². The van der Waals surface area contributed by atoms with E-state index in [0.29, 0.717) is 32.2 Å². The number of carboxylic acids is 1. The van der Waals surface area contributed by atoms with Crippen molar-refractivity contribution in [3.05, 3.63) is 39.6 Å². The molecule has 2 heterocycles. The zero-order chi connectivity index (χ0) is 21.3. The van der Waals surface area contributed by atoms with Crippen LogP contribution in [-0.2, 0) is 4.74 Å². The van der Waals surface area contributed by atoms with Gasteiger partial charge in [0.1, 0.15) is 10.5 Å². The Labute approximate surface area is 174 Å². The molecule has 3 N–H and O–H groups in total. The summed E-state index contributed by atoms with van der Waals surface area (Å²) in [7, 11) is 0. The van der Waals surface area contributed by atoms with Crippen LogP contribution in [0.2, 0.25) is 0 Å². The van der Waals surface area contributed by atoms with Crippen molar-refractivity contribution in [1.82, 2.24) is 4.98 Å². The van der Waals surface area contributed by atoms with E-state index in [2.05, 4.69) is 15.6 Å². The number of thiophene rings is 1. The fourth-order valence-corrected chi connectivity index (χ4v) is 4.19. The molecule has 0 saturated carbocycles. The third kappa shape index (κ3) is 4.90. The SMILES string of the molecule is Cc1csc(C(=O)O)c1NC(=O)c1ccc2nc(NC(=O)OC(C)(C)C)sc2c1. The van der Waals surface area contributed by atoms with E-state index in [4.69, 9.17) is 4.74 Å². The lowest BCUT2D eigenvalue weighted by Gasteiger charge is -2.18. The summed E-state index contributed by atoms with van der Waals surface area (Å²) >= 11 is 2.27.